The number of nitrogens with two attached hydrogens (primary N) is 1. The maximum absolute atomic E-state index is 14.8. The lowest BCUT2D eigenvalue weighted by Gasteiger charge is -2.33. The fraction of sp³-hybridized carbons (Fsp3) is 0.609. The SMILES string of the molecule is N#CC1(NC(=O)[C@@H](CCC(F)(F)c2ccccc2)C2CC23CCN(C(N)=O)CC3)CC1. The molecule has 8 heteroatoms. The second kappa shape index (κ2) is 7.77. The van der Waals surface area contributed by atoms with Gasteiger partial charge in [-0.25, -0.2) is 13.6 Å². The molecule has 6 nitrogen and oxygen atoms in total. The smallest absolute Gasteiger partial charge is 0.314 e. The van der Waals surface area contributed by atoms with Crippen molar-refractivity contribution in [2.75, 3.05) is 13.1 Å². The first-order chi connectivity index (χ1) is 14.7. The summed E-state index contributed by atoms with van der Waals surface area (Å²) in [7, 11) is 0. The summed E-state index contributed by atoms with van der Waals surface area (Å²) in [6, 6.07) is 9.37. The van der Waals surface area contributed by atoms with E-state index in [2.05, 4.69) is 11.4 Å². The highest BCUT2D eigenvalue weighted by Crippen LogP contribution is 2.63. The molecule has 1 aliphatic heterocycles. The molecule has 1 saturated heterocycles. The molecule has 4 rings (SSSR count). The lowest BCUT2D eigenvalue weighted by Crippen LogP contribution is -2.44. The van der Waals surface area contributed by atoms with Crippen molar-refractivity contribution in [1.82, 2.24) is 10.2 Å². The molecule has 166 valence electrons. The summed E-state index contributed by atoms with van der Waals surface area (Å²) in [5, 5.41) is 12.2. The number of hydrogen-bond acceptors (Lipinski definition) is 3. The van der Waals surface area contributed by atoms with Crippen LogP contribution in [0, 0.1) is 28.6 Å². The molecule has 1 aromatic rings. The normalized spacial score (nSPS) is 24.2. The zero-order valence-corrected chi connectivity index (χ0v) is 17.4. The Bertz CT molecular complexity index is 887. The van der Waals surface area contributed by atoms with Crippen LogP contribution in [-0.4, -0.2) is 35.5 Å². The molecule has 1 aromatic carbocycles. The monoisotopic (exact) mass is 430 g/mol. The summed E-state index contributed by atoms with van der Waals surface area (Å²) in [4.78, 5) is 26.1. The average molecular weight is 430 g/mol. The lowest BCUT2D eigenvalue weighted by molar-refractivity contribution is -0.127. The number of halogens is 2. The number of benzene rings is 1. The molecule has 31 heavy (non-hydrogen) atoms. The van der Waals surface area contributed by atoms with Gasteiger partial charge in [0, 0.05) is 31.0 Å². The van der Waals surface area contributed by atoms with Crippen LogP contribution in [0.3, 0.4) is 0 Å². The van der Waals surface area contributed by atoms with Gasteiger partial charge >= 0.3 is 6.03 Å². The van der Waals surface area contributed by atoms with Crippen molar-refractivity contribution in [1.29, 1.82) is 5.26 Å². The van der Waals surface area contributed by atoms with E-state index in [0.29, 0.717) is 25.9 Å². The van der Waals surface area contributed by atoms with E-state index < -0.39 is 29.8 Å². The average Bonchev–Trinajstić information content (AvgIpc) is 3.67. The summed E-state index contributed by atoms with van der Waals surface area (Å²) in [6.45, 7) is 1.06. The van der Waals surface area contributed by atoms with Crippen LogP contribution in [-0.2, 0) is 10.7 Å². The van der Waals surface area contributed by atoms with Crippen LogP contribution in [0.1, 0.15) is 50.5 Å². The number of nitrogens with zero attached hydrogens (tertiary/aromatic N) is 2. The number of carbonyl (C=O) groups is 2. The van der Waals surface area contributed by atoms with E-state index in [1.165, 1.54) is 12.1 Å². The molecule has 0 radical (unpaired) electrons. The van der Waals surface area contributed by atoms with Crippen molar-refractivity contribution in [3.63, 3.8) is 0 Å². The number of amides is 3. The molecule has 0 aromatic heterocycles. The van der Waals surface area contributed by atoms with E-state index in [1.54, 1.807) is 23.1 Å². The van der Waals surface area contributed by atoms with Gasteiger partial charge in [0.25, 0.3) is 5.92 Å². The Kier molecular flexibility index (Phi) is 5.40. The van der Waals surface area contributed by atoms with Crippen molar-refractivity contribution in [3.8, 4) is 6.07 Å². The highest BCUT2D eigenvalue weighted by atomic mass is 19.3. The predicted molar refractivity (Wildman–Crippen MR) is 110 cm³/mol. The van der Waals surface area contributed by atoms with Crippen LogP contribution in [0.2, 0.25) is 0 Å². The van der Waals surface area contributed by atoms with Crippen LogP contribution in [0.5, 0.6) is 0 Å². The topological polar surface area (TPSA) is 99.2 Å². The molecule has 3 fully saturated rings. The van der Waals surface area contributed by atoms with E-state index in [0.717, 1.165) is 19.3 Å². The third-order valence-electron chi connectivity index (χ3n) is 7.44. The number of carbonyl (C=O) groups excluding carboxylic acids is 2. The summed E-state index contributed by atoms with van der Waals surface area (Å²) >= 11 is 0. The third-order valence-corrected chi connectivity index (χ3v) is 7.44. The Morgan fingerprint density at radius 1 is 1.23 bits per heavy atom. The van der Waals surface area contributed by atoms with Crippen LogP contribution in [0.4, 0.5) is 13.6 Å². The van der Waals surface area contributed by atoms with Gasteiger partial charge < -0.3 is 16.0 Å². The zero-order valence-electron chi connectivity index (χ0n) is 17.4. The molecule has 2 aliphatic carbocycles. The Morgan fingerprint density at radius 3 is 2.42 bits per heavy atom. The van der Waals surface area contributed by atoms with Crippen molar-refractivity contribution < 1.29 is 18.4 Å². The number of nitriles is 1. The minimum atomic E-state index is -3.02. The first kappa shape index (κ1) is 21.5. The predicted octanol–water partition coefficient (Wildman–Crippen LogP) is 3.53. The second-order valence-electron chi connectivity index (χ2n) is 9.40. The van der Waals surface area contributed by atoms with E-state index in [-0.39, 0.29) is 29.2 Å². The zero-order chi connectivity index (χ0) is 22.3. The Balaban J connectivity index is 1.46. The molecule has 2 saturated carbocycles. The third kappa shape index (κ3) is 4.36. The Labute approximate surface area is 180 Å². The largest absolute Gasteiger partial charge is 0.351 e. The van der Waals surface area contributed by atoms with Crippen LogP contribution in [0.25, 0.3) is 0 Å². The minimum Gasteiger partial charge on any atom is -0.351 e. The lowest BCUT2D eigenvalue weighted by atomic mass is 9.83. The Morgan fingerprint density at radius 2 is 1.87 bits per heavy atom. The van der Waals surface area contributed by atoms with Gasteiger partial charge in [0.05, 0.1) is 6.07 Å². The van der Waals surface area contributed by atoms with Gasteiger partial charge in [-0.2, -0.15) is 5.26 Å². The summed E-state index contributed by atoms with van der Waals surface area (Å²) in [6.07, 6.45) is 3.08. The molecule has 3 aliphatic rings. The number of nitrogens with one attached hydrogen (secondary N) is 1. The first-order valence-electron chi connectivity index (χ1n) is 10.9. The number of likely N-dealkylation sites (tertiary alicyclic amines) is 1. The van der Waals surface area contributed by atoms with E-state index in [4.69, 9.17) is 5.73 Å². The van der Waals surface area contributed by atoms with Gasteiger partial charge in [-0.1, -0.05) is 30.3 Å². The number of alkyl halides is 2. The fourth-order valence-electron chi connectivity index (χ4n) is 5.09. The molecular formula is C23H28F2N4O2. The van der Waals surface area contributed by atoms with Crippen molar-refractivity contribution in [3.05, 3.63) is 35.9 Å². The number of primary amides is 1. The van der Waals surface area contributed by atoms with E-state index in [9.17, 15) is 23.6 Å². The number of rotatable bonds is 7. The molecule has 3 amide bonds. The van der Waals surface area contributed by atoms with Crippen molar-refractivity contribution in [2.24, 2.45) is 23.0 Å². The van der Waals surface area contributed by atoms with Crippen molar-refractivity contribution in [2.45, 2.75) is 56.4 Å². The summed E-state index contributed by atoms with van der Waals surface area (Å²) in [5.74, 6) is -3.89. The van der Waals surface area contributed by atoms with Gasteiger partial charge in [0.1, 0.15) is 5.54 Å². The molecule has 3 N–H and O–H groups in total. The minimum absolute atomic E-state index is 0.0106. The highest BCUT2D eigenvalue weighted by molar-refractivity contribution is 5.81. The molecule has 1 heterocycles. The number of hydrogen-bond donors (Lipinski definition) is 2. The van der Waals surface area contributed by atoms with Gasteiger partial charge in [-0.15, -0.1) is 0 Å². The molecular weight excluding hydrogens is 402 g/mol. The fourth-order valence-corrected chi connectivity index (χ4v) is 5.09. The van der Waals surface area contributed by atoms with Crippen LogP contribution < -0.4 is 11.1 Å². The summed E-state index contributed by atoms with van der Waals surface area (Å²) < 4.78 is 29.6. The highest BCUT2D eigenvalue weighted by Gasteiger charge is 2.60. The molecule has 0 bridgehead atoms. The number of urea groups is 1. The maximum atomic E-state index is 14.8. The van der Waals surface area contributed by atoms with Gasteiger partial charge in [-0.3, -0.25) is 4.79 Å². The van der Waals surface area contributed by atoms with Crippen molar-refractivity contribution >= 4 is 11.9 Å². The van der Waals surface area contributed by atoms with Gasteiger partial charge in [-0.05, 0) is 49.9 Å². The van der Waals surface area contributed by atoms with Crippen LogP contribution in [0.15, 0.2) is 30.3 Å². The first-order valence-corrected chi connectivity index (χ1v) is 10.9. The standard InChI is InChI=1S/C23H28F2N4O2/c24-23(25,16-4-2-1-3-5-16)7-6-17(19(30)28-22(15-26)8-9-22)18-14-21(18)10-12-29(13-11-21)20(27)31/h1-5,17-18H,6-14H2,(H2,27,31)(H,28,30)/t17-,18?/m0/s1. The van der Waals surface area contributed by atoms with Gasteiger partial charge in [0.2, 0.25) is 5.91 Å². The van der Waals surface area contributed by atoms with E-state index in [1.807, 2.05) is 0 Å². The maximum Gasteiger partial charge on any atom is 0.314 e. The Hall–Kier alpha value is -2.69. The molecule has 1 spiro atoms. The quantitative estimate of drug-likeness (QED) is 0.692. The molecule has 2 atom stereocenters. The summed E-state index contributed by atoms with van der Waals surface area (Å²) in [5.41, 5.74) is 4.40. The molecule has 1 unspecified atom stereocenters. The van der Waals surface area contributed by atoms with Crippen LogP contribution >= 0.6 is 0 Å². The van der Waals surface area contributed by atoms with E-state index >= 15 is 0 Å². The second-order valence-corrected chi connectivity index (χ2v) is 9.40. The number of piperidine rings is 1. The van der Waals surface area contributed by atoms with Gasteiger partial charge in [0.15, 0.2) is 0 Å².